The zero-order valence-corrected chi connectivity index (χ0v) is 13.4. The number of allylic oxidation sites excluding steroid dienone is 3. The number of aromatic nitrogens is 2. The average molecular weight is 322 g/mol. The summed E-state index contributed by atoms with van der Waals surface area (Å²) < 4.78 is 3.20. The van der Waals surface area contributed by atoms with Crippen molar-refractivity contribution in [2.45, 2.75) is 46.1 Å². The molecule has 0 bridgehead atoms. The van der Waals surface area contributed by atoms with Gasteiger partial charge in [0, 0.05) is 11.7 Å². The van der Waals surface area contributed by atoms with Crippen LogP contribution in [0.4, 0.5) is 0 Å². The van der Waals surface area contributed by atoms with Gasteiger partial charge in [-0.05, 0) is 62.0 Å². The molecule has 19 heavy (non-hydrogen) atoms. The summed E-state index contributed by atoms with van der Waals surface area (Å²) in [5.41, 5.74) is 3.98. The maximum atomic E-state index is 4.73. The third-order valence-corrected chi connectivity index (χ3v) is 4.38. The fourth-order valence-electron chi connectivity index (χ4n) is 2.34. The van der Waals surface area contributed by atoms with Crippen molar-refractivity contribution in [1.29, 1.82) is 0 Å². The molecule has 1 atom stereocenters. The fourth-order valence-corrected chi connectivity index (χ4v) is 3.00. The summed E-state index contributed by atoms with van der Waals surface area (Å²) >= 11 is 3.69. The molecule has 1 aromatic rings. The van der Waals surface area contributed by atoms with E-state index < -0.39 is 0 Å². The average Bonchev–Trinajstić information content (AvgIpc) is 2.75. The molecule has 0 aliphatic carbocycles. The first kappa shape index (κ1) is 14.3. The van der Waals surface area contributed by atoms with Crippen LogP contribution in [0.1, 0.15) is 51.0 Å². The second-order valence-corrected chi connectivity index (χ2v) is 5.72. The van der Waals surface area contributed by atoms with Gasteiger partial charge in [-0.1, -0.05) is 12.7 Å². The number of hydrogen-bond donors (Lipinski definition) is 0. The monoisotopic (exact) mass is 321 g/mol. The summed E-state index contributed by atoms with van der Waals surface area (Å²) in [4.78, 5) is 4.57. The van der Waals surface area contributed by atoms with Crippen molar-refractivity contribution in [2.75, 3.05) is 0 Å². The Morgan fingerprint density at radius 3 is 2.89 bits per heavy atom. The minimum atomic E-state index is 0.461. The van der Waals surface area contributed by atoms with Gasteiger partial charge < -0.3 is 0 Å². The lowest BCUT2D eigenvalue weighted by atomic mass is 10.0. The number of halogens is 1. The zero-order valence-electron chi connectivity index (χ0n) is 11.8. The van der Waals surface area contributed by atoms with Crippen molar-refractivity contribution in [3.63, 3.8) is 0 Å². The van der Waals surface area contributed by atoms with Crippen LogP contribution in [0.25, 0.3) is 0 Å². The van der Waals surface area contributed by atoms with Crippen LogP contribution in [0.5, 0.6) is 0 Å². The largest absolute Gasteiger partial charge is 0.265 e. The highest BCUT2D eigenvalue weighted by Gasteiger charge is 2.24. The molecule has 0 fully saturated rings. The van der Waals surface area contributed by atoms with E-state index in [1.807, 2.05) is 19.9 Å². The molecule has 0 unspecified atom stereocenters. The van der Waals surface area contributed by atoms with Gasteiger partial charge in [-0.3, -0.25) is 9.67 Å². The standard InChI is InChI=1S/C15H20BrN3/c1-5-10(3)17-12(6-2)15-14(16)13-9-7-8-11(4)19(13)18-15/h5-6,11H,2,7-9H2,1,3-4H3/b10-5-,17-12?/t11-/m1/s1. The molecule has 0 aromatic carbocycles. The van der Waals surface area contributed by atoms with E-state index in [9.17, 15) is 0 Å². The van der Waals surface area contributed by atoms with E-state index in [0.29, 0.717) is 6.04 Å². The third kappa shape index (κ3) is 2.73. The number of hydrogen-bond acceptors (Lipinski definition) is 2. The quantitative estimate of drug-likeness (QED) is 0.757. The minimum absolute atomic E-state index is 0.461. The van der Waals surface area contributed by atoms with Crippen molar-refractivity contribution in [2.24, 2.45) is 4.99 Å². The lowest BCUT2D eigenvalue weighted by Gasteiger charge is -2.20. The molecule has 2 heterocycles. The van der Waals surface area contributed by atoms with Gasteiger partial charge in [-0.25, -0.2) is 0 Å². The van der Waals surface area contributed by atoms with Crippen LogP contribution in [0.15, 0.2) is 33.9 Å². The summed E-state index contributed by atoms with van der Waals surface area (Å²) in [6.07, 6.45) is 7.24. The Morgan fingerprint density at radius 1 is 1.58 bits per heavy atom. The molecule has 0 saturated heterocycles. The highest BCUT2D eigenvalue weighted by atomic mass is 79.9. The highest BCUT2D eigenvalue weighted by molar-refractivity contribution is 9.10. The number of aliphatic imine (C=N–C) groups is 1. The minimum Gasteiger partial charge on any atom is -0.265 e. The Morgan fingerprint density at radius 2 is 2.32 bits per heavy atom. The van der Waals surface area contributed by atoms with Crippen molar-refractivity contribution < 1.29 is 0 Å². The molecule has 102 valence electrons. The number of fused-ring (bicyclic) bond motifs is 1. The van der Waals surface area contributed by atoms with Crippen molar-refractivity contribution in [1.82, 2.24) is 9.78 Å². The summed E-state index contributed by atoms with van der Waals surface area (Å²) in [7, 11) is 0. The molecule has 0 amide bonds. The van der Waals surface area contributed by atoms with Crippen molar-refractivity contribution in [3.8, 4) is 0 Å². The molecule has 0 spiro atoms. The topological polar surface area (TPSA) is 30.2 Å². The second kappa shape index (κ2) is 5.87. The molecule has 0 N–H and O–H groups in total. The summed E-state index contributed by atoms with van der Waals surface area (Å²) in [5, 5.41) is 4.73. The lowest BCUT2D eigenvalue weighted by molar-refractivity contribution is 0.392. The molecule has 1 aromatic heterocycles. The van der Waals surface area contributed by atoms with Gasteiger partial charge in [0.15, 0.2) is 0 Å². The Labute approximate surface area is 123 Å². The van der Waals surface area contributed by atoms with Gasteiger partial charge in [-0.2, -0.15) is 5.10 Å². The predicted molar refractivity (Wildman–Crippen MR) is 83.7 cm³/mol. The molecular formula is C15H20BrN3. The van der Waals surface area contributed by atoms with Gasteiger partial charge in [0.25, 0.3) is 0 Å². The van der Waals surface area contributed by atoms with Crippen LogP contribution >= 0.6 is 15.9 Å². The molecule has 4 heteroatoms. The van der Waals surface area contributed by atoms with E-state index in [4.69, 9.17) is 5.10 Å². The summed E-state index contributed by atoms with van der Waals surface area (Å²) in [6, 6.07) is 0.461. The third-order valence-electron chi connectivity index (χ3n) is 3.55. The normalized spacial score (nSPS) is 20.3. The number of rotatable bonds is 3. The van der Waals surface area contributed by atoms with Gasteiger partial charge in [0.1, 0.15) is 5.69 Å². The molecule has 2 rings (SSSR count). The second-order valence-electron chi connectivity index (χ2n) is 4.93. The molecule has 0 radical (unpaired) electrons. The van der Waals surface area contributed by atoms with Crippen molar-refractivity contribution >= 4 is 21.6 Å². The van der Waals surface area contributed by atoms with E-state index in [-0.39, 0.29) is 0 Å². The molecule has 1 aliphatic rings. The van der Waals surface area contributed by atoms with Crippen LogP contribution in [0.2, 0.25) is 0 Å². The maximum absolute atomic E-state index is 4.73. The Balaban J connectivity index is 2.51. The summed E-state index contributed by atoms with van der Waals surface area (Å²) in [6.45, 7) is 10.0. The van der Waals surface area contributed by atoms with Crippen LogP contribution in [-0.4, -0.2) is 15.5 Å². The predicted octanol–water partition coefficient (Wildman–Crippen LogP) is 4.44. The van der Waals surface area contributed by atoms with E-state index in [1.165, 1.54) is 18.5 Å². The summed E-state index contributed by atoms with van der Waals surface area (Å²) in [5.74, 6) is 0. The van der Waals surface area contributed by atoms with Gasteiger partial charge in [0.05, 0.1) is 15.9 Å². The van der Waals surface area contributed by atoms with Crippen LogP contribution in [0.3, 0.4) is 0 Å². The maximum Gasteiger partial charge on any atom is 0.125 e. The Hall–Kier alpha value is -1.16. The first-order valence-electron chi connectivity index (χ1n) is 6.69. The van der Waals surface area contributed by atoms with E-state index >= 15 is 0 Å². The van der Waals surface area contributed by atoms with E-state index in [2.05, 4.69) is 39.1 Å². The molecule has 1 aliphatic heterocycles. The van der Waals surface area contributed by atoms with E-state index in [1.54, 1.807) is 6.08 Å². The number of nitrogens with zero attached hydrogens (tertiary/aromatic N) is 3. The van der Waals surface area contributed by atoms with E-state index in [0.717, 1.165) is 28.0 Å². The van der Waals surface area contributed by atoms with Crippen molar-refractivity contribution in [3.05, 3.63) is 40.3 Å². The van der Waals surface area contributed by atoms with Gasteiger partial charge in [-0.15, -0.1) is 0 Å². The molecular weight excluding hydrogens is 302 g/mol. The Kier molecular flexibility index (Phi) is 4.40. The lowest BCUT2D eigenvalue weighted by Crippen LogP contribution is -2.16. The zero-order chi connectivity index (χ0) is 14.0. The fraction of sp³-hybridized carbons (Fsp3) is 0.467. The first-order valence-corrected chi connectivity index (χ1v) is 7.49. The Bertz CT molecular complexity index is 552. The van der Waals surface area contributed by atoms with Gasteiger partial charge in [0.2, 0.25) is 0 Å². The highest BCUT2D eigenvalue weighted by Crippen LogP contribution is 2.32. The van der Waals surface area contributed by atoms with Crippen LogP contribution < -0.4 is 0 Å². The van der Waals surface area contributed by atoms with Gasteiger partial charge >= 0.3 is 0 Å². The van der Waals surface area contributed by atoms with Crippen LogP contribution in [-0.2, 0) is 6.42 Å². The molecule has 0 saturated carbocycles. The van der Waals surface area contributed by atoms with Crippen LogP contribution in [0, 0.1) is 0 Å². The molecule has 3 nitrogen and oxygen atoms in total. The SMILES string of the molecule is C=CC(=N/C(C)=C\C)c1nn2c(c1Br)CCC[C@H]2C. The smallest absolute Gasteiger partial charge is 0.125 e. The first-order chi connectivity index (χ1) is 9.08.